The van der Waals surface area contributed by atoms with Crippen molar-refractivity contribution < 1.29 is 9.59 Å². The summed E-state index contributed by atoms with van der Waals surface area (Å²) in [5.41, 5.74) is 11.6. The van der Waals surface area contributed by atoms with E-state index in [1.165, 1.54) is 12.8 Å². The van der Waals surface area contributed by atoms with Gasteiger partial charge in [-0.25, -0.2) is 9.59 Å². The van der Waals surface area contributed by atoms with Crippen LogP contribution in [0.3, 0.4) is 0 Å². The van der Waals surface area contributed by atoms with Gasteiger partial charge in [0.2, 0.25) is 0 Å². The Morgan fingerprint density at radius 3 is 1.33 bits per heavy atom. The quantitative estimate of drug-likeness (QED) is 0.0858. The molecule has 0 saturated carbocycles. The summed E-state index contributed by atoms with van der Waals surface area (Å²) in [5.74, 6) is 0.293. The van der Waals surface area contributed by atoms with Crippen LogP contribution in [0.1, 0.15) is 118 Å². The zero-order valence-corrected chi connectivity index (χ0v) is 23.3. The van der Waals surface area contributed by atoms with Gasteiger partial charge in [-0.1, -0.05) is 79.1 Å². The Labute approximate surface area is 219 Å². The molecule has 0 radical (unpaired) electrons. The number of urea groups is 2. The number of amides is 4. The summed E-state index contributed by atoms with van der Waals surface area (Å²) in [5, 5.41) is 11.1. The van der Waals surface area contributed by atoms with Crippen molar-refractivity contribution >= 4 is 24.0 Å². The molecule has 0 heterocycles. The highest BCUT2D eigenvalue weighted by Gasteiger charge is 2.11. The lowest BCUT2D eigenvalue weighted by molar-refractivity contribution is 0.239. The van der Waals surface area contributed by atoms with Crippen LogP contribution in [0.25, 0.3) is 0 Å². The number of unbranched alkanes of at least 4 members (excludes halogenated alkanes) is 7. The van der Waals surface area contributed by atoms with Crippen molar-refractivity contribution in [2.75, 3.05) is 13.1 Å². The van der Waals surface area contributed by atoms with Crippen molar-refractivity contribution in [2.45, 2.75) is 130 Å². The Balaban J connectivity index is 3.98. The number of carbonyl (C=O) groups is 2. The highest BCUT2D eigenvalue weighted by atomic mass is 16.2. The van der Waals surface area contributed by atoms with Crippen molar-refractivity contribution in [1.29, 1.82) is 0 Å². The Kier molecular flexibility index (Phi) is 21.3. The van der Waals surface area contributed by atoms with E-state index in [1.54, 1.807) is 0 Å². The molecule has 0 saturated heterocycles. The van der Waals surface area contributed by atoms with E-state index in [4.69, 9.17) is 11.5 Å². The van der Waals surface area contributed by atoms with E-state index in [0.717, 1.165) is 77.0 Å². The van der Waals surface area contributed by atoms with Gasteiger partial charge in [-0.2, -0.15) is 0 Å². The molecule has 0 aliphatic carbocycles. The lowest BCUT2D eigenvalue weighted by Gasteiger charge is -2.17. The molecule has 2 atom stereocenters. The molecule has 0 bridgehead atoms. The first-order valence-electron chi connectivity index (χ1n) is 14.1. The summed E-state index contributed by atoms with van der Waals surface area (Å²) >= 11 is 0. The summed E-state index contributed by atoms with van der Waals surface area (Å²) < 4.78 is 0. The number of guanidine groups is 2. The second-order valence-corrected chi connectivity index (χ2v) is 9.35. The summed E-state index contributed by atoms with van der Waals surface area (Å²) in [6.07, 6.45) is 14.3. The monoisotopic (exact) mass is 510 g/mol. The summed E-state index contributed by atoms with van der Waals surface area (Å²) in [4.78, 5) is 32.6. The summed E-state index contributed by atoms with van der Waals surface area (Å²) in [6, 6.07) is -0.262. The second-order valence-electron chi connectivity index (χ2n) is 9.35. The fraction of sp³-hybridized carbons (Fsp3) is 0.846. The minimum Gasteiger partial charge on any atom is -0.370 e. The molecule has 0 rings (SSSR count). The maximum atomic E-state index is 12.1. The second kappa shape index (κ2) is 22.9. The molecule has 0 aromatic carbocycles. The molecule has 0 spiro atoms. The lowest BCUT2D eigenvalue weighted by atomic mass is 10.1. The van der Waals surface area contributed by atoms with Crippen LogP contribution in [-0.4, -0.2) is 49.2 Å². The van der Waals surface area contributed by atoms with E-state index in [9.17, 15) is 9.59 Å². The average Bonchev–Trinajstić information content (AvgIpc) is 2.84. The zero-order valence-electron chi connectivity index (χ0n) is 23.3. The molecule has 0 aliphatic rings. The Hall–Kier alpha value is -2.52. The van der Waals surface area contributed by atoms with Crippen LogP contribution in [-0.2, 0) is 0 Å². The number of carbonyl (C=O) groups excluding carboxylic acids is 2. The van der Waals surface area contributed by atoms with Gasteiger partial charge in [-0.15, -0.1) is 0 Å². The summed E-state index contributed by atoms with van der Waals surface area (Å²) in [7, 11) is 0. The normalized spacial score (nSPS) is 13.7. The van der Waals surface area contributed by atoms with Crippen molar-refractivity contribution in [3.8, 4) is 0 Å². The average molecular weight is 511 g/mol. The van der Waals surface area contributed by atoms with Crippen LogP contribution in [0.5, 0.6) is 0 Å². The maximum absolute atomic E-state index is 12.1. The molecule has 4 amide bonds. The van der Waals surface area contributed by atoms with Gasteiger partial charge in [0.05, 0.1) is 0 Å². The molecule has 0 aromatic heterocycles. The van der Waals surface area contributed by atoms with Gasteiger partial charge in [0, 0.05) is 25.2 Å². The maximum Gasteiger partial charge on any atom is 0.321 e. The number of hydrogen-bond donors (Lipinski definition) is 6. The Morgan fingerprint density at radius 1 is 0.611 bits per heavy atom. The van der Waals surface area contributed by atoms with E-state index < -0.39 is 0 Å². The SMILES string of the molecule is CCCCCC(CC)NC(=O)NC(N)=NCCCCCCN=C(N)NC(=O)NC(CC)CCCCC. The third kappa shape index (κ3) is 19.8. The predicted octanol–water partition coefficient (Wildman–Crippen LogP) is 4.49. The number of hydrogen-bond acceptors (Lipinski definition) is 4. The van der Waals surface area contributed by atoms with Gasteiger partial charge >= 0.3 is 12.1 Å². The first-order valence-corrected chi connectivity index (χ1v) is 14.1. The molecule has 36 heavy (non-hydrogen) atoms. The molecule has 10 nitrogen and oxygen atoms in total. The zero-order chi connectivity index (χ0) is 27.0. The number of rotatable bonds is 19. The van der Waals surface area contributed by atoms with Crippen LogP contribution in [0.2, 0.25) is 0 Å². The number of aliphatic imine (C=N–C) groups is 2. The molecule has 210 valence electrons. The highest BCUT2D eigenvalue weighted by molar-refractivity contribution is 5.95. The molecule has 2 unspecified atom stereocenters. The Morgan fingerprint density at radius 2 is 1.00 bits per heavy atom. The van der Waals surface area contributed by atoms with Gasteiger partial charge < -0.3 is 22.1 Å². The first kappa shape index (κ1) is 33.5. The topological polar surface area (TPSA) is 159 Å². The minimum absolute atomic E-state index is 0.147. The Bertz CT molecular complexity index is 585. The largest absolute Gasteiger partial charge is 0.370 e. The van der Waals surface area contributed by atoms with Crippen LogP contribution < -0.4 is 32.7 Å². The molecule has 0 aliphatic heterocycles. The minimum atomic E-state index is -0.293. The van der Waals surface area contributed by atoms with Gasteiger partial charge in [-0.05, 0) is 38.5 Å². The van der Waals surface area contributed by atoms with Gasteiger partial charge in [0.25, 0.3) is 0 Å². The van der Waals surface area contributed by atoms with Gasteiger partial charge in [-0.3, -0.25) is 20.6 Å². The fourth-order valence-corrected chi connectivity index (χ4v) is 3.77. The van der Waals surface area contributed by atoms with Crippen LogP contribution in [0.4, 0.5) is 9.59 Å². The van der Waals surface area contributed by atoms with Crippen molar-refractivity contribution in [3.05, 3.63) is 0 Å². The lowest BCUT2D eigenvalue weighted by Crippen LogP contribution is -2.47. The molecule has 8 N–H and O–H groups in total. The summed E-state index contributed by atoms with van der Waals surface area (Å²) in [6.45, 7) is 9.59. The van der Waals surface area contributed by atoms with E-state index in [0.29, 0.717) is 13.1 Å². The number of nitrogens with zero attached hydrogens (tertiary/aromatic N) is 2. The van der Waals surface area contributed by atoms with Gasteiger partial charge in [0.1, 0.15) is 0 Å². The standard InChI is InChI=1S/C26H54N8O2/c1-5-9-13-17-21(7-3)31-25(35)33-23(27)29-19-15-11-12-16-20-30-24(28)34-26(36)32-22(8-4)18-14-10-6-2/h21-22H,5-20H2,1-4H3,(H4,27,29,31,33,35)(H4,28,30,32,34,36). The van der Waals surface area contributed by atoms with E-state index in [-0.39, 0.29) is 36.1 Å². The molecular weight excluding hydrogens is 456 g/mol. The van der Waals surface area contributed by atoms with Crippen molar-refractivity contribution in [3.63, 3.8) is 0 Å². The van der Waals surface area contributed by atoms with E-state index >= 15 is 0 Å². The van der Waals surface area contributed by atoms with Crippen molar-refractivity contribution in [1.82, 2.24) is 21.3 Å². The number of nitrogens with one attached hydrogen (secondary N) is 4. The third-order valence-corrected chi connectivity index (χ3v) is 6.08. The number of nitrogens with two attached hydrogens (primary N) is 2. The van der Waals surface area contributed by atoms with Crippen LogP contribution >= 0.6 is 0 Å². The molecular formula is C26H54N8O2. The highest BCUT2D eigenvalue weighted by Crippen LogP contribution is 2.07. The molecule has 0 fully saturated rings. The van der Waals surface area contributed by atoms with Gasteiger partial charge in [0.15, 0.2) is 11.9 Å². The van der Waals surface area contributed by atoms with Crippen molar-refractivity contribution in [2.24, 2.45) is 21.5 Å². The molecule has 10 heteroatoms. The van der Waals surface area contributed by atoms with Crippen LogP contribution in [0.15, 0.2) is 9.98 Å². The van der Waals surface area contributed by atoms with E-state index in [2.05, 4.69) is 58.9 Å². The molecule has 0 aromatic rings. The van der Waals surface area contributed by atoms with Crippen LogP contribution in [0, 0.1) is 0 Å². The smallest absolute Gasteiger partial charge is 0.321 e. The third-order valence-electron chi connectivity index (χ3n) is 6.08. The van der Waals surface area contributed by atoms with E-state index in [1.807, 2.05) is 0 Å². The predicted molar refractivity (Wildman–Crippen MR) is 151 cm³/mol. The fourth-order valence-electron chi connectivity index (χ4n) is 3.77. The first-order chi connectivity index (χ1) is 17.4.